The average Bonchev–Trinajstić information content (AvgIpc) is 3.26. The van der Waals surface area contributed by atoms with Gasteiger partial charge in [-0.2, -0.15) is 13.2 Å². The Hall–Kier alpha value is -2.87. The first kappa shape index (κ1) is 16.6. The molecule has 0 atom stereocenters. The number of fused-ring (bicyclic) bond motifs is 1. The number of alkyl halides is 3. The van der Waals surface area contributed by atoms with Crippen LogP contribution in [-0.4, -0.2) is 15.5 Å². The van der Waals surface area contributed by atoms with Crippen LogP contribution in [0.4, 0.5) is 18.9 Å². The predicted molar refractivity (Wildman–Crippen MR) is 94.5 cm³/mol. The molecule has 1 N–H and O–H groups in total. The first-order chi connectivity index (χ1) is 12.3. The Morgan fingerprint density at radius 2 is 2.08 bits per heavy atom. The third kappa shape index (κ3) is 2.82. The summed E-state index contributed by atoms with van der Waals surface area (Å²) >= 11 is 1.32. The zero-order valence-corrected chi connectivity index (χ0v) is 14.3. The van der Waals surface area contributed by atoms with E-state index in [1.54, 1.807) is 43.7 Å². The molecule has 0 radical (unpaired) electrons. The van der Waals surface area contributed by atoms with E-state index in [-0.39, 0.29) is 5.91 Å². The second kappa shape index (κ2) is 5.84. The number of carbonyl (C=O) groups is 1. The topological polar surface area (TPSA) is 46.9 Å². The van der Waals surface area contributed by atoms with Crippen LogP contribution in [0.5, 0.6) is 0 Å². The van der Waals surface area contributed by atoms with Gasteiger partial charge in [0.2, 0.25) is 0 Å². The third-order valence-electron chi connectivity index (χ3n) is 4.10. The Kier molecular flexibility index (Phi) is 3.73. The van der Waals surface area contributed by atoms with Gasteiger partial charge in [0.15, 0.2) is 0 Å². The molecule has 1 aliphatic heterocycles. The lowest BCUT2D eigenvalue weighted by molar-refractivity contribution is -0.137. The number of thiophene rings is 1. The van der Waals surface area contributed by atoms with E-state index in [1.165, 1.54) is 15.9 Å². The molecular formula is C18H12F3N3OS. The molecule has 0 bridgehead atoms. The van der Waals surface area contributed by atoms with E-state index >= 15 is 0 Å². The van der Waals surface area contributed by atoms with E-state index in [9.17, 15) is 18.0 Å². The number of hydrogen-bond donors (Lipinski definition) is 1. The molecule has 8 heteroatoms. The Morgan fingerprint density at radius 1 is 1.27 bits per heavy atom. The molecule has 3 aromatic heterocycles. The Morgan fingerprint density at radius 3 is 2.81 bits per heavy atom. The van der Waals surface area contributed by atoms with Crippen LogP contribution in [0.2, 0.25) is 0 Å². The number of carbonyl (C=O) groups excluding carboxylic acids is 1. The minimum absolute atomic E-state index is 0.221. The summed E-state index contributed by atoms with van der Waals surface area (Å²) in [4.78, 5) is 17.7. The molecule has 132 valence electrons. The molecule has 0 aliphatic carbocycles. The van der Waals surface area contributed by atoms with Crippen LogP contribution in [0.3, 0.4) is 0 Å². The minimum atomic E-state index is -4.38. The smallest absolute Gasteiger partial charge is 0.349 e. The van der Waals surface area contributed by atoms with Crippen molar-refractivity contribution in [2.45, 2.75) is 6.18 Å². The van der Waals surface area contributed by atoms with Gasteiger partial charge in [0.25, 0.3) is 5.91 Å². The highest BCUT2D eigenvalue weighted by Crippen LogP contribution is 2.37. The van der Waals surface area contributed by atoms with Crippen LogP contribution in [0.1, 0.15) is 16.0 Å². The highest BCUT2D eigenvalue weighted by Gasteiger charge is 2.32. The van der Waals surface area contributed by atoms with Crippen LogP contribution < -0.4 is 5.32 Å². The van der Waals surface area contributed by atoms with Gasteiger partial charge in [-0.05, 0) is 30.3 Å². The highest BCUT2D eigenvalue weighted by atomic mass is 32.1. The molecule has 1 aliphatic rings. The van der Waals surface area contributed by atoms with E-state index in [0.717, 1.165) is 17.1 Å². The van der Waals surface area contributed by atoms with Gasteiger partial charge in [0.05, 0.1) is 27.4 Å². The molecule has 0 saturated carbocycles. The molecular weight excluding hydrogens is 363 g/mol. The van der Waals surface area contributed by atoms with Gasteiger partial charge >= 0.3 is 6.18 Å². The standard InChI is InChI=1S/C18H12F3N3OS/c1-24-9-10(18(19,20)21)6-15(24)16-3-2-11(26-16)7-12-13-8-22-5-4-14(13)23-17(12)25/h2-9H,1H3,(H,23,25). The van der Waals surface area contributed by atoms with Gasteiger partial charge in [-0.3, -0.25) is 9.78 Å². The lowest BCUT2D eigenvalue weighted by Crippen LogP contribution is -2.03. The molecule has 0 unspecified atom stereocenters. The second-order valence-electron chi connectivity index (χ2n) is 5.86. The van der Waals surface area contributed by atoms with Crippen molar-refractivity contribution >= 4 is 34.6 Å². The van der Waals surface area contributed by atoms with Crippen LogP contribution in [-0.2, 0) is 18.0 Å². The van der Waals surface area contributed by atoms with Crippen molar-refractivity contribution in [3.05, 3.63) is 58.9 Å². The maximum Gasteiger partial charge on any atom is 0.417 e. The van der Waals surface area contributed by atoms with Crippen LogP contribution in [0.25, 0.3) is 22.2 Å². The van der Waals surface area contributed by atoms with Crippen molar-refractivity contribution in [2.24, 2.45) is 7.05 Å². The number of halogens is 3. The molecule has 26 heavy (non-hydrogen) atoms. The summed E-state index contributed by atoms with van der Waals surface area (Å²) in [5, 5.41) is 2.76. The summed E-state index contributed by atoms with van der Waals surface area (Å²) in [6.07, 6.45) is 1.63. The number of aryl methyl sites for hydroxylation is 1. The maximum atomic E-state index is 12.9. The molecule has 4 rings (SSSR count). The molecule has 0 fully saturated rings. The third-order valence-corrected chi connectivity index (χ3v) is 5.16. The van der Waals surface area contributed by atoms with E-state index in [2.05, 4.69) is 10.3 Å². The fourth-order valence-corrected chi connectivity index (χ4v) is 3.86. The highest BCUT2D eigenvalue weighted by molar-refractivity contribution is 7.16. The molecule has 1 amide bonds. The summed E-state index contributed by atoms with van der Waals surface area (Å²) in [5.74, 6) is -0.221. The number of rotatable bonds is 2. The van der Waals surface area contributed by atoms with Gasteiger partial charge in [-0.15, -0.1) is 11.3 Å². The lowest BCUT2D eigenvalue weighted by atomic mass is 10.1. The van der Waals surface area contributed by atoms with Crippen molar-refractivity contribution in [1.29, 1.82) is 0 Å². The fraction of sp³-hybridized carbons (Fsp3) is 0.111. The number of aromatic nitrogens is 2. The number of hydrogen-bond acceptors (Lipinski definition) is 3. The number of amides is 1. The van der Waals surface area contributed by atoms with Crippen LogP contribution >= 0.6 is 11.3 Å². The summed E-state index contributed by atoms with van der Waals surface area (Å²) in [5.41, 5.74) is 1.70. The first-order valence-corrected chi connectivity index (χ1v) is 8.46. The molecule has 4 heterocycles. The van der Waals surface area contributed by atoms with Gasteiger partial charge in [-0.25, -0.2) is 0 Å². The Labute approximate surface area is 150 Å². The maximum absolute atomic E-state index is 12.9. The average molecular weight is 375 g/mol. The van der Waals surface area contributed by atoms with Gasteiger partial charge in [0.1, 0.15) is 0 Å². The summed E-state index contributed by atoms with van der Waals surface area (Å²) in [7, 11) is 1.58. The van der Waals surface area contributed by atoms with Crippen LogP contribution in [0.15, 0.2) is 42.9 Å². The van der Waals surface area contributed by atoms with E-state index in [0.29, 0.717) is 27.4 Å². The fourth-order valence-electron chi connectivity index (χ4n) is 2.85. The first-order valence-electron chi connectivity index (χ1n) is 7.64. The van der Waals surface area contributed by atoms with E-state index < -0.39 is 11.7 Å². The monoisotopic (exact) mass is 375 g/mol. The number of pyridine rings is 1. The summed E-state index contributed by atoms with van der Waals surface area (Å²) < 4.78 is 40.1. The largest absolute Gasteiger partial charge is 0.417 e. The molecule has 0 aromatic carbocycles. The van der Waals surface area contributed by atoms with E-state index in [1.807, 2.05) is 0 Å². The normalized spacial score (nSPS) is 15.4. The number of nitrogens with one attached hydrogen (secondary N) is 1. The van der Waals surface area contributed by atoms with Crippen molar-refractivity contribution in [2.75, 3.05) is 5.32 Å². The zero-order chi connectivity index (χ0) is 18.5. The lowest BCUT2D eigenvalue weighted by Gasteiger charge is -2.00. The summed E-state index contributed by atoms with van der Waals surface area (Å²) in [6.45, 7) is 0. The van der Waals surface area contributed by atoms with Gasteiger partial charge in [0, 0.05) is 36.1 Å². The van der Waals surface area contributed by atoms with Crippen molar-refractivity contribution in [1.82, 2.24) is 9.55 Å². The second-order valence-corrected chi connectivity index (χ2v) is 6.97. The van der Waals surface area contributed by atoms with Crippen molar-refractivity contribution in [3.8, 4) is 10.6 Å². The minimum Gasteiger partial charge on any atom is -0.349 e. The van der Waals surface area contributed by atoms with Gasteiger partial charge < -0.3 is 9.88 Å². The quantitative estimate of drug-likeness (QED) is 0.662. The predicted octanol–water partition coefficient (Wildman–Crippen LogP) is 4.66. The van der Waals surface area contributed by atoms with E-state index in [4.69, 9.17) is 0 Å². The van der Waals surface area contributed by atoms with Crippen molar-refractivity contribution in [3.63, 3.8) is 0 Å². The molecule has 3 aromatic rings. The Balaban J connectivity index is 1.70. The van der Waals surface area contributed by atoms with Crippen molar-refractivity contribution < 1.29 is 18.0 Å². The molecule has 4 nitrogen and oxygen atoms in total. The number of nitrogens with zero attached hydrogens (tertiary/aromatic N) is 2. The number of anilines is 1. The zero-order valence-electron chi connectivity index (χ0n) is 13.5. The van der Waals surface area contributed by atoms with Crippen LogP contribution in [0, 0.1) is 0 Å². The molecule has 0 saturated heterocycles. The Bertz CT molecular complexity index is 1050. The van der Waals surface area contributed by atoms with Gasteiger partial charge in [-0.1, -0.05) is 0 Å². The summed E-state index contributed by atoms with van der Waals surface area (Å²) in [6, 6.07) is 6.39. The SMILES string of the molecule is Cn1cc(C(F)(F)F)cc1-c1ccc(C=C2C(=O)Nc3ccncc32)s1. The molecule has 0 spiro atoms.